The molecule has 0 aliphatic carbocycles. The molecule has 0 saturated carbocycles. The van der Waals surface area contributed by atoms with Crippen molar-refractivity contribution in [3.8, 4) is 5.75 Å². The fourth-order valence-corrected chi connectivity index (χ4v) is 2.05. The molecule has 0 saturated heterocycles. The standard InChI is InChI=1S/C15H10ClF4NO2/c1-23-9-3-4-10(13(17)7-9)14(22)21-8-2-5-12(16)11(6-8)15(18,19)20/h2-7H,1H3,(H,21,22). The maximum absolute atomic E-state index is 13.8. The Bertz CT molecular complexity index is 747. The predicted molar refractivity (Wildman–Crippen MR) is 77.4 cm³/mol. The number of anilines is 1. The molecule has 0 bridgehead atoms. The first-order chi connectivity index (χ1) is 10.7. The van der Waals surface area contributed by atoms with Crippen molar-refractivity contribution in [2.45, 2.75) is 6.18 Å². The van der Waals surface area contributed by atoms with E-state index < -0.39 is 28.5 Å². The average molecular weight is 348 g/mol. The number of hydrogen-bond acceptors (Lipinski definition) is 2. The maximum atomic E-state index is 13.8. The maximum Gasteiger partial charge on any atom is 0.417 e. The summed E-state index contributed by atoms with van der Waals surface area (Å²) in [6.07, 6.45) is -4.66. The lowest BCUT2D eigenvalue weighted by atomic mass is 10.1. The number of carbonyl (C=O) groups excluding carboxylic acids is 1. The smallest absolute Gasteiger partial charge is 0.417 e. The number of halogens is 5. The van der Waals surface area contributed by atoms with Gasteiger partial charge in [-0.25, -0.2) is 4.39 Å². The molecule has 0 radical (unpaired) electrons. The zero-order valence-corrected chi connectivity index (χ0v) is 12.4. The quantitative estimate of drug-likeness (QED) is 0.813. The third-order valence-electron chi connectivity index (χ3n) is 2.95. The predicted octanol–water partition coefficient (Wildman–Crippen LogP) is 4.76. The summed E-state index contributed by atoms with van der Waals surface area (Å²) in [6, 6.07) is 6.41. The van der Waals surface area contributed by atoms with Crippen molar-refractivity contribution in [3.63, 3.8) is 0 Å². The highest BCUT2D eigenvalue weighted by molar-refractivity contribution is 6.31. The highest BCUT2D eigenvalue weighted by atomic mass is 35.5. The van der Waals surface area contributed by atoms with Crippen molar-refractivity contribution in [1.29, 1.82) is 0 Å². The van der Waals surface area contributed by atoms with Crippen molar-refractivity contribution in [2.75, 3.05) is 12.4 Å². The minimum Gasteiger partial charge on any atom is -0.497 e. The average Bonchev–Trinajstić information content (AvgIpc) is 2.47. The fraction of sp³-hybridized carbons (Fsp3) is 0.133. The van der Waals surface area contributed by atoms with Crippen LogP contribution < -0.4 is 10.1 Å². The molecule has 0 unspecified atom stereocenters. The lowest BCUT2D eigenvalue weighted by Crippen LogP contribution is -2.15. The van der Waals surface area contributed by atoms with E-state index in [1.165, 1.54) is 25.3 Å². The number of methoxy groups -OCH3 is 1. The van der Waals surface area contributed by atoms with Gasteiger partial charge in [-0.3, -0.25) is 4.79 Å². The second-order valence-electron chi connectivity index (χ2n) is 4.49. The van der Waals surface area contributed by atoms with Crippen molar-refractivity contribution in [2.24, 2.45) is 0 Å². The minimum absolute atomic E-state index is 0.151. The molecule has 0 fully saturated rings. The van der Waals surface area contributed by atoms with E-state index in [1.54, 1.807) is 0 Å². The molecule has 0 atom stereocenters. The second-order valence-corrected chi connectivity index (χ2v) is 4.90. The lowest BCUT2D eigenvalue weighted by Gasteiger charge is -2.12. The molecule has 0 aromatic heterocycles. The van der Waals surface area contributed by atoms with Crippen LogP contribution in [0.2, 0.25) is 5.02 Å². The van der Waals surface area contributed by atoms with Crippen LogP contribution in [0.4, 0.5) is 23.2 Å². The zero-order valence-electron chi connectivity index (χ0n) is 11.7. The SMILES string of the molecule is COc1ccc(C(=O)Nc2ccc(Cl)c(C(F)(F)F)c2)c(F)c1. The monoisotopic (exact) mass is 347 g/mol. The Labute approximate surface area is 133 Å². The van der Waals surface area contributed by atoms with Crippen LogP contribution in [0.15, 0.2) is 36.4 Å². The number of ether oxygens (including phenoxy) is 1. The molecule has 23 heavy (non-hydrogen) atoms. The normalized spacial score (nSPS) is 11.2. The molecule has 0 aliphatic rings. The van der Waals surface area contributed by atoms with Gasteiger partial charge in [0.05, 0.1) is 23.3 Å². The number of amides is 1. The van der Waals surface area contributed by atoms with Crippen LogP contribution >= 0.6 is 11.6 Å². The van der Waals surface area contributed by atoms with Gasteiger partial charge in [-0.1, -0.05) is 11.6 Å². The molecule has 2 aromatic rings. The Kier molecular flexibility index (Phi) is 4.79. The Morgan fingerprint density at radius 3 is 2.43 bits per heavy atom. The lowest BCUT2D eigenvalue weighted by molar-refractivity contribution is -0.137. The molecule has 8 heteroatoms. The molecule has 1 N–H and O–H groups in total. The largest absolute Gasteiger partial charge is 0.497 e. The summed E-state index contributed by atoms with van der Waals surface area (Å²) in [4.78, 5) is 12.0. The van der Waals surface area contributed by atoms with Crippen molar-refractivity contribution in [3.05, 3.63) is 58.4 Å². The first-order valence-electron chi connectivity index (χ1n) is 6.24. The number of benzene rings is 2. The van der Waals surface area contributed by atoms with Crippen LogP contribution in [0.25, 0.3) is 0 Å². The molecule has 3 nitrogen and oxygen atoms in total. The van der Waals surface area contributed by atoms with Gasteiger partial charge >= 0.3 is 6.18 Å². The number of hydrogen-bond donors (Lipinski definition) is 1. The first-order valence-corrected chi connectivity index (χ1v) is 6.62. The van der Waals surface area contributed by atoms with Gasteiger partial charge in [0.2, 0.25) is 0 Å². The van der Waals surface area contributed by atoms with Crippen molar-refractivity contribution < 1.29 is 27.1 Å². The first kappa shape index (κ1) is 17.1. The summed E-state index contributed by atoms with van der Waals surface area (Å²) in [5, 5.41) is 1.70. The van der Waals surface area contributed by atoms with Gasteiger partial charge in [-0.05, 0) is 30.3 Å². The number of carbonyl (C=O) groups is 1. The summed E-state index contributed by atoms with van der Waals surface area (Å²) in [7, 11) is 1.33. The van der Waals surface area contributed by atoms with Gasteiger partial charge in [-0.2, -0.15) is 13.2 Å². The Morgan fingerprint density at radius 1 is 1.17 bits per heavy atom. The molecule has 1 amide bonds. The summed E-state index contributed by atoms with van der Waals surface area (Å²) < 4.78 is 56.9. The van der Waals surface area contributed by atoms with Crippen LogP contribution in [0.1, 0.15) is 15.9 Å². The van der Waals surface area contributed by atoms with E-state index in [0.717, 1.165) is 12.1 Å². The number of alkyl halides is 3. The van der Waals surface area contributed by atoms with Gasteiger partial charge in [0.15, 0.2) is 0 Å². The Hall–Kier alpha value is -2.28. The zero-order chi connectivity index (χ0) is 17.2. The molecule has 0 heterocycles. The summed E-state index contributed by atoms with van der Waals surface area (Å²) in [6.45, 7) is 0. The van der Waals surface area contributed by atoms with E-state index in [4.69, 9.17) is 16.3 Å². The molecule has 0 aliphatic heterocycles. The van der Waals surface area contributed by atoms with Crippen molar-refractivity contribution >= 4 is 23.2 Å². The van der Waals surface area contributed by atoms with E-state index >= 15 is 0 Å². The summed E-state index contributed by atoms with van der Waals surface area (Å²) in [5.74, 6) is -1.53. The molecular formula is C15H10ClF4NO2. The van der Waals surface area contributed by atoms with Crippen LogP contribution in [0.3, 0.4) is 0 Å². The van der Waals surface area contributed by atoms with Gasteiger partial charge in [0.25, 0.3) is 5.91 Å². The van der Waals surface area contributed by atoms with Crippen LogP contribution in [0, 0.1) is 5.82 Å². The van der Waals surface area contributed by atoms with E-state index in [1.807, 2.05) is 0 Å². The number of rotatable bonds is 3. The van der Waals surface area contributed by atoms with Gasteiger partial charge < -0.3 is 10.1 Å². The third kappa shape index (κ3) is 3.92. The topological polar surface area (TPSA) is 38.3 Å². The van der Waals surface area contributed by atoms with E-state index in [0.29, 0.717) is 6.07 Å². The molecule has 2 aromatic carbocycles. The van der Waals surface area contributed by atoms with Gasteiger partial charge in [-0.15, -0.1) is 0 Å². The fourth-order valence-electron chi connectivity index (χ4n) is 1.83. The molecular weight excluding hydrogens is 338 g/mol. The summed E-state index contributed by atoms with van der Waals surface area (Å²) in [5.41, 5.74) is -1.57. The van der Waals surface area contributed by atoms with E-state index in [9.17, 15) is 22.4 Å². The molecule has 122 valence electrons. The van der Waals surface area contributed by atoms with Gasteiger partial charge in [0.1, 0.15) is 11.6 Å². The second kappa shape index (κ2) is 6.45. The number of nitrogens with one attached hydrogen (secondary N) is 1. The molecule has 0 spiro atoms. The van der Waals surface area contributed by atoms with Gasteiger partial charge in [0, 0.05) is 11.8 Å². The van der Waals surface area contributed by atoms with Crippen molar-refractivity contribution in [1.82, 2.24) is 0 Å². The van der Waals surface area contributed by atoms with E-state index in [2.05, 4.69) is 5.32 Å². The highest BCUT2D eigenvalue weighted by Crippen LogP contribution is 2.36. The Balaban J connectivity index is 2.27. The summed E-state index contributed by atoms with van der Waals surface area (Å²) >= 11 is 5.49. The minimum atomic E-state index is -4.66. The Morgan fingerprint density at radius 2 is 1.87 bits per heavy atom. The van der Waals surface area contributed by atoms with Crippen LogP contribution in [0.5, 0.6) is 5.75 Å². The van der Waals surface area contributed by atoms with Crippen LogP contribution in [-0.2, 0) is 6.18 Å². The van der Waals surface area contributed by atoms with E-state index in [-0.39, 0.29) is 17.0 Å². The highest BCUT2D eigenvalue weighted by Gasteiger charge is 2.33. The third-order valence-corrected chi connectivity index (χ3v) is 3.28. The van der Waals surface area contributed by atoms with Crippen LogP contribution in [-0.4, -0.2) is 13.0 Å². The molecule has 2 rings (SSSR count).